The van der Waals surface area contributed by atoms with Crippen molar-refractivity contribution in [1.29, 1.82) is 0 Å². The Bertz CT molecular complexity index is 1190. The third kappa shape index (κ3) is 4.72. The van der Waals surface area contributed by atoms with E-state index in [9.17, 15) is 16.8 Å². The number of hydrogen-bond acceptors (Lipinski definition) is 5. The van der Waals surface area contributed by atoms with E-state index in [1.165, 1.54) is 24.5 Å². The third-order valence-electron chi connectivity index (χ3n) is 4.59. The molecule has 6 nitrogen and oxygen atoms in total. The predicted octanol–water partition coefficient (Wildman–Crippen LogP) is 3.19. The molecule has 0 saturated carbocycles. The highest BCUT2D eigenvalue weighted by Gasteiger charge is 2.31. The molecule has 0 aliphatic heterocycles. The molecule has 8 heteroatoms. The van der Waals surface area contributed by atoms with Gasteiger partial charge in [-0.2, -0.15) is 0 Å². The maximum atomic E-state index is 13.2. The van der Waals surface area contributed by atoms with E-state index >= 15 is 0 Å². The van der Waals surface area contributed by atoms with Crippen molar-refractivity contribution in [2.45, 2.75) is 28.9 Å². The maximum Gasteiger partial charge on any atom is 0.240 e. The van der Waals surface area contributed by atoms with Gasteiger partial charge in [0.25, 0.3) is 0 Å². The fraction of sp³-hybridized carbons (Fsp3) is 0.190. The molecule has 0 aliphatic rings. The molecule has 1 aromatic heterocycles. The van der Waals surface area contributed by atoms with Crippen LogP contribution in [-0.4, -0.2) is 28.4 Å². The maximum absolute atomic E-state index is 13.2. The zero-order valence-corrected chi connectivity index (χ0v) is 17.7. The zero-order valence-electron chi connectivity index (χ0n) is 16.1. The minimum absolute atomic E-state index is 0.125. The van der Waals surface area contributed by atoms with E-state index in [4.69, 9.17) is 0 Å². The van der Waals surface area contributed by atoms with Gasteiger partial charge in [0.1, 0.15) is 5.25 Å². The largest absolute Gasteiger partial charge is 0.264 e. The molecule has 0 unspecified atom stereocenters. The van der Waals surface area contributed by atoms with E-state index in [0.717, 1.165) is 5.56 Å². The third-order valence-corrected chi connectivity index (χ3v) is 8.28. The van der Waals surface area contributed by atoms with Crippen molar-refractivity contribution in [1.82, 2.24) is 9.71 Å². The van der Waals surface area contributed by atoms with Crippen LogP contribution >= 0.6 is 0 Å². The Morgan fingerprint density at radius 3 is 2.31 bits per heavy atom. The van der Waals surface area contributed by atoms with Gasteiger partial charge < -0.3 is 0 Å². The Labute approximate surface area is 171 Å². The monoisotopic (exact) mass is 430 g/mol. The van der Waals surface area contributed by atoms with E-state index in [0.29, 0.717) is 11.1 Å². The minimum atomic E-state index is -3.89. The van der Waals surface area contributed by atoms with Crippen molar-refractivity contribution < 1.29 is 16.8 Å². The van der Waals surface area contributed by atoms with Gasteiger partial charge in [-0.25, -0.2) is 21.6 Å². The van der Waals surface area contributed by atoms with Crippen molar-refractivity contribution in [2.24, 2.45) is 0 Å². The molecule has 152 valence electrons. The van der Waals surface area contributed by atoms with Gasteiger partial charge in [-0.1, -0.05) is 36.4 Å². The fourth-order valence-electron chi connectivity index (χ4n) is 3.01. The number of nitrogens with one attached hydrogen (secondary N) is 1. The average Bonchev–Trinajstić information content (AvgIpc) is 2.71. The fourth-order valence-corrected chi connectivity index (χ4v) is 6.15. The van der Waals surface area contributed by atoms with Gasteiger partial charge in [0.15, 0.2) is 9.84 Å². The van der Waals surface area contributed by atoms with Crippen molar-refractivity contribution >= 4 is 19.9 Å². The highest BCUT2D eigenvalue weighted by atomic mass is 32.2. The number of aromatic nitrogens is 1. The molecule has 0 fully saturated rings. The van der Waals surface area contributed by atoms with Crippen LogP contribution in [0.15, 0.2) is 82.8 Å². The molecule has 0 saturated heterocycles. The highest BCUT2D eigenvalue weighted by molar-refractivity contribution is 7.92. The first kappa shape index (κ1) is 21.2. The molecule has 0 spiro atoms. The summed E-state index contributed by atoms with van der Waals surface area (Å²) in [6, 6.07) is 16.4. The molecular formula is C21H22N2O4S2. The van der Waals surface area contributed by atoms with Crippen LogP contribution < -0.4 is 4.72 Å². The van der Waals surface area contributed by atoms with Crippen molar-refractivity contribution in [2.75, 3.05) is 6.54 Å². The highest BCUT2D eigenvalue weighted by Crippen LogP contribution is 2.28. The lowest BCUT2D eigenvalue weighted by Gasteiger charge is -2.19. The number of sulfonamides is 1. The molecule has 1 atom stereocenters. The number of nitrogens with zero attached hydrogens (tertiary/aromatic N) is 1. The molecule has 29 heavy (non-hydrogen) atoms. The van der Waals surface area contributed by atoms with Gasteiger partial charge >= 0.3 is 0 Å². The molecule has 3 rings (SSSR count). The van der Waals surface area contributed by atoms with Crippen LogP contribution in [0.25, 0.3) is 0 Å². The van der Waals surface area contributed by atoms with Gasteiger partial charge in [-0.3, -0.25) is 4.98 Å². The Hall–Kier alpha value is -2.55. The second-order valence-electron chi connectivity index (χ2n) is 6.75. The quantitative estimate of drug-likeness (QED) is 0.621. The molecule has 0 radical (unpaired) electrons. The lowest BCUT2D eigenvalue weighted by Crippen LogP contribution is -2.32. The smallest absolute Gasteiger partial charge is 0.240 e. The number of hydrogen-bond donors (Lipinski definition) is 1. The van der Waals surface area contributed by atoms with Crippen LogP contribution in [0.5, 0.6) is 0 Å². The first-order valence-corrected chi connectivity index (χ1v) is 12.0. The average molecular weight is 431 g/mol. The molecule has 0 bridgehead atoms. The first-order valence-electron chi connectivity index (χ1n) is 8.97. The van der Waals surface area contributed by atoms with Crippen LogP contribution in [-0.2, 0) is 19.9 Å². The molecule has 1 heterocycles. The minimum Gasteiger partial charge on any atom is -0.264 e. The lowest BCUT2D eigenvalue weighted by molar-refractivity contribution is 0.568. The summed E-state index contributed by atoms with van der Waals surface area (Å²) in [6.45, 7) is 3.20. The molecule has 2 aromatic carbocycles. The zero-order chi connectivity index (χ0) is 21.1. The molecule has 1 N–H and O–H groups in total. The van der Waals surface area contributed by atoms with Gasteiger partial charge in [-0.15, -0.1) is 0 Å². The molecule has 0 amide bonds. The molecule has 0 aliphatic carbocycles. The van der Waals surface area contributed by atoms with Gasteiger partial charge in [0, 0.05) is 18.9 Å². The van der Waals surface area contributed by atoms with Crippen LogP contribution in [0.4, 0.5) is 0 Å². The van der Waals surface area contributed by atoms with Crippen LogP contribution in [0.1, 0.15) is 21.9 Å². The standard InChI is InChI=1S/C21H22N2O4S2/c1-16-10-11-17(2)20(13-16)29(26,27)23-15-21(18-7-6-12-22-14-18)28(24,25)19-8-4-3-5-9-19/h3-14,21,23H,15H2,1-2H3/t21-/m1/s1. The number of sulfone groups is 1. The summed E-state index contributed by atoms with van der Waals surface area (Å²) in [5.41, 5.74) is 1.81. The SMILES string of the molecule is Cc1ccc(C)c(S(=O)(=O)NC[C@H](c2cccnc2)S(=O)(=O)c2ccccc2)c1. The van der Waals surface area contributed by atoms with Crippen LogP contribution in [0.2, 0.25) is 0 Å². The first-order chi connectivity index (χ1) is 13.7. The number of pyridine rings is 1. The number of benzene rings is 2. The Morgan fingerprint density at radius 1 is 0.931 bits per heavy atom. The van der Waals surface area contributed by atoms with Gasteiger partial charge in [-0.05, 0) is 54.8 Å². The lowest BCUT2D eigenvalue weighted by atomic mass is 10.2. The summed E-state index contributed by atoms with van der Waals surface area (Å²) in [7, 11) is -7.74. The van der Waals surface area contributed by atoms with Crippen molar-refractivity contribution in [3.8, 4) is 0 Å². The second-order valence-corrected chi connectivity index (χ2v) is 10.6. The van der Waals surface area contributed by atoms with E-state index in [-0.39, 0.29) is 16.3 Å². The van der Waals surface area contributed by atoms with Gasteiger partial charge in [0.2, 0.25) is 10.0 Å². The van der Waals surface area contributed by atoms with E-state index < -0.39 is 25.1 Å². The summed E-state index contributed by atoms with van der Waals surface area (Å²) in [4.78, 5) is 4.26. The normalized spacial score (nSPS) is 13.2. The summed E-state index contributed by atoms with van der Waals surface area (Å²) in [6.07, 6.45) is 2.98. The van der Waals surface area contributed by atoms with Gasteiger partial charge in [0.05, 0.1) is 9.79 Å². The summed E-state index contributed by atoms with van der Waals surface area (Å²) in [5, 5.41) is -1.11. The van der Waals surface area contributed by atoms with E-state index in [2.05, 4.69) is 9.71 Å². The van der Waals surface area contributed by atoms with Crippen LogP contribution in [0.3, 0.4) is 0 Å². The van der Waals surface area contributed by atoms with Crippen molar-refractivity contribution in [3.05, 3.63) is 89.7 Å². The Balaban J connectivity index is 1.98. The second kappa shape index (κ2) is 8.44. The topological polar surface area (TPSA) is 93.2 Å². The van der Waals surface area contributed by atoms with Crippen LogP contribution in [0, 0.1) is 13.8 Å². The molecular weight excluding hydrogens is 408 g/mol. The predicted molar refractivity (Wildman–Crippen MR) is 112 cm³/mol. The van der Waals surface area contributed by atoms with Crippen molar-refractivity contribution in [3.63, 3.8) is 0 Å². The van der Waals surface area contributed by atoms with E-state index in [1.54, 1.807) is 56.3 Å². The summed E-state index contributed by atoms with van der Waals surface area (Å²) >= 11 is 0. The van der Waals surface area contributed by atoms with E-state index in [1.807, 2.05) is 6.07 Å². The summed E-state index contributed by atoms with van der Waals surface area (Å²) < 4.78 is 54.7. The summed E-state index contributed by atoms with van der Waals surface area (Å²) in [5.74, 6) is 0. The Morgan fingerprint density at radius 2 is 1.66 bits per heavy atom. The Kier molecular flexibility index (Phi) is 6.16. The number of rotatable bonds is 7. The number of aryl methyl sites for hydroxylation is 2. The molecule has 3 aromatic rings.